The van der Waals surface area contributed by atoms with Crippen molar-refractivity contribution in [1.29, 1.82) is 0 Å². The highest BCUT2D eigenvalue weighted by molar-refractivity contribution is 5.14. The average molecular weight is 274 g/mol. The first-order chi connectivity index (χ1) is 9.65. The average Bonchev–Trinajstić information content (AvgIpc) is 2.92. The summed E-state index contributed by atoms with van der Waals surface area (Å²) in [5.41, 5.74) is 1.47. The van der Waals surface area contributed by atoms with Crippen LogP contribution in [0.4, 0.5) is 0 Å². The summed E-state index contributed by atoms with van der Waals surface area (Å²) >= 11 is 0. The van der Waals surface area contributed by atoms with Crippen molar-refractivity contribution in [3.05, 3.63) is 35.9 Å². The van der Waals surface area contributed by atoms with E-state index in [0.717, 1.165) is 5.92 Å². The SMILES string of the molecule is CC(C)NCC1CCN(C(C)CCc2ccccc2)C1. The monoisotopic (exact) mass is 274 g/mol. The molecule has 1 N–H and O–H groups in total. The fourth-order valence-corrected chi connectivity index (χ4v) is 3.03. The lowest BCUT2D eigenvalue weighted by molar-refractivity contribution is 0.237. The number of rotatable bonds is 7. The van der Waals surface area contributed by atoms with E-state index in [1.54, 1.807) is 0 Å². The Labute approximate surface area is 124 Å². The quantitative estimate of drug-likeness (QED) is 0.820. The van der Waals surface area contributed by atoms with Crippen LogP contribution in [-0.4, -0.2) is 36.6 Å². The first-order valence-corrected chi connectivity index (χ1v) is 8.16. The zero-order valence-electron chi connectivity index (χ0n) is 13.3. The molecule has 0 radical (unpaired) electrons. The van der Waals surface area contributed by atoms with E-state index >= 15 is 0 Å². The molecule has 1 aromatic carbocycles. The maximum Gasteiger partial charge on any atom is 0.00702 e. The highest BCUT2D eigenvalue weighted by Crippen LogP contribution is 2.20. The molecule has 2 nitrogen and oxygen atoms in total. The van der Waals surface area contributed by atoms with Crippen LogP contribution < -0.4 is 5.32 Å². The maximum absolute atomic E-state index is 3.58. The van der Waals surface area contributed by atoms with Crippen LogP contribution in [0.5, 0.6) is 0 Å². The Morgan fingerprint density at radius 3 is 2.65 bits per heavy atom. The molecule has 0 amide bonds. The van der Waals surface area contributed by atoms with Crippen molar-refractivity contribution in [2.75, 3.05) is 19.6 Å². The van der Waals surface area contributed by atoms with Gasteiger partial charge in [0.25, 0.3) is 0 Å². The second-order valence-corrected chi connectivity index (χ2v) is 6.59. The van der Waals surface area contributed by atoms with E-state index < -0.39 is 0 Å². The molecule has 1 heterocycles. The first kappa shape index (κ1) is 15.5. The lowest BCUT2D eigenvalue weighted by Gasteiger charge is -2.24. The molecule has 1 aliphatic heterocycles. The maximum atomic E-state index is 3.58. The molecule has 112 valence electrons. The fourth-order valence-electron chi connectivity index (χ4n) is 3.03. The highest BCUT2D eigenvalue weighted by Gasteiger charge is 2.25. The van der Waals surface area contributed by atoms with Gasteiger partial charge in [-0.2, -0.15) is 0 Å². The van der Waals surface area contributed by atoms with Gasteiger partial charge in [-0.3, -0.25) is 0 Å². The normalized spacial score (nSPS) is 21.5. The van der Waals surface area contributed by atoms with Crippen molar-refractivity contribution in [1.82, 2.24) is 10.2 Å². The number of hydrogen-bond acceptors (Lipinski definition) is 2. The minimum absolute atomic E-state index is 0.611. The second kappa shape index (κ2) is 7.80. The summed E-state index contributed by atoms with van der Waals surface area (Å²) < 4.78 is 0. The third-order valence-electron chi connectivity index (χ3n) is 4.45. The number of likely N-dealkylation sites (tertiary alicyclic amines) is 1. The van der Waals surface area contributed by atoms with Crippen molar-refractivity contribution in [3.8, 4) is 0 Å². The summed E-state index contributed by atoms with van der Waals surface area (Å²) in [5.74, 6) is 0.844. The molecule has 0 aromatic heterocycles. The van der Waals surface area contributed by atoms with Gasteiger partial charge in [-0.25, -0.2) is 0 Å². The van der Waals surface area contributed by atoms with E-state index in [-0.39, 0.29) is 0 Å². The predicted molar refractivity (Wildman–Crippen MR) is 87.0 cm³/mol. The minimum Gasteiger partial charge on any atom is -0.314 e. The Balaban J connectivity index is 1.70. The van der Waals surface area contributed by atoms with Gasteiger partial charge < -0.3 is 10.2 Å². The summed E-state index contributed by atoms with van der Waals surface area (Å²) in [6.45, 7) is 10.6. The summed E-state index contributed by atoms with van der Waals surface area (Å²) in [5, 5.41) is 3.58. The second-order valence-electron chi connectivity index (χ2n) is 6.59. The van der Waals surface area contributed by atoms with Crippen molar-refractivity contribution in [3.63, 3.8) is 0 Å². The molecule has 1 saturated heterocycles. The van der Waals surface area contributed by atoms with Gasteiger partial charge >= 0.3 is 0 Å². The van der Waals surface area contributed by atoms with Gasteiger partial charge in [0.2, 0.25) is 0 Å². The van der Waals surface area contributed by atoms with Crippen molar-refractivity contribution >= 4 is 0 Å². The van der Waals surface area contributed by atoms with E-state index in [4.69, 9.17) is 0 Å². The Bertz CT molecular complexity index is 374. The summed E-state index contributed by atoms with van der Waals surface area (Å²) in [6, 6.07) is 12.2. The van der Waals surface area contributed by atoms with Crippen LogP contribution in [-0.2, 0) is 6.42 Å². The summed E-state index contributed by atoms with van der Waals surface area (Å²) in [7, 11) is 0. The smallest absolute Gasteiger partial charge is 0.00702 e. The van der Waals surface area contributed by atoms with Crippen LogP contribution in [0.3, 0.4) is 0 Å². The number of nitrogens with one attached hydrogen (secondary N) is 1. The van der Waals surface area contributed by atoms with Crippen molar-refractivity contribution in [2.24, 2.45) is 5.92 Å². The van der Waals surface area contributed by atoms with Crippen LogP contribution in [0.25, 0.3) is 0 Å². The van der Waals surface area contributed by atoms with Gasteiger partial charge in [0.1, 0.15) is 0 Å². The Morgan fingerprint density at radius 2 is 1.95 bits per heavy atom. The molecule has 20 heavy (non-hydrogen) atoms. The zero-order valence-corrected chi connectivity index (χ0v) is 13.3. The van der Waals surface area contributed by atoms with Gasteiger partial charge in [-0.15, -0.1) is 0 Å². The van der Waals surface area contributed by atoms with Crippen LogP contribution in [0.15, 0.2) is 30.3 Å². The van der Waals surface area contributed by atoms with E-state index in [1.165, 1.54) is 44.5 Å². The fraction of sp³-hybridized carbons (Fsp3) is 0.667. The van der Waals surface area contributed by atoms with Crippen molar-refractivity contribution < 1.29 is 0 Å². The van der Waals surface area contributed by atoms with Gasteiger partial charge in [0.15, 0.2) is 0 Å². The lowest BCUT2D eigenvalue weighted by atomic mass is 10.1. The number of nitrogens with zero attached hydrogens (tertiary/aromatic N) is 1. The summed E-state index contributed by atoms with van der Waals surface area (Å²) in [6.07, 6.45) is 3.83. The predicted octanol–water partition coefficient (Wildman–Crippen LogP) is 3.33. The zero-order chi connectivity index (χ0) is 14.4. The molecule has 2 rings (SSSR count). The molecular formula is C18H30N2. The molecule has 1 aliphatic rings. The first-order valence-electron chi connectivity index (χ1n) is 8.16. The van der Waals surface area contributed by atoms with Crippen LogP contribution >= 0.6 is 0 Å². The van der Waals surface area contributed by atoms with Gasteiger partial charge in [0.05, 0.1) is 0 Å². The van der Waals surface area contributed by atoms with Gasteiger partial charge in [-0.05, 0) is 50.8 Å². The largest absolute Gasteiger partial charge is 0.314 e. The van der Waals surface area contributed by atoms with E-state index in [2.05, 4.69) is 61.3 Å². The number of aryl methyl sites for hydroxylation is 1. The van der Waals surface area contributed by atoms with E-state index in [9.17, 15) is 0 Å². The number of benzene rings is 1. The van der Waals surface area contributed by atoms with Crippen LogP contribution in [0.2, 0.25) is 0 Å². The molecule has 0 bridgehead atoms. The standard InChI is InChI=1S/C18H30N2/c1-15(2)19-13-18-11-12-20(14-18)16(3)9-10-17-7-5-4-6-8-17/h4-8,15-16,18-19H,9-14H2,1-3H3. The molecule has 2 unspecified atom stereocenters. The van der Waals surface area contributed by atoms with Crippen LogP contribution in [0.1, 0.15) is 39.2 Å². The lowest BCUT2D eigenvalue weighted by Crippen LogP contribution is -2.34. The van der Waals surface area contributed by atoms with Gasteiger partial charge in [-0.1, -0.05) is 44.2 Å². The summed E-state index contributed by atoms with van der Waals surface area (Å²) in [4.78, 5) is 2.68. The Kier molecular flexibility index (Phi) is 6.06. The van der Waals surface area contributed by atoms with Gasteiger partial charge in [0, 0.05) is 18.6 Å². The van der Waals surface area contributed by atoms with E-state index in [0.29, 0.717) is 12.1 Å². The Hall–Kier alpha value is -0.860. The van der Waals surface area contributed by atoms with E-state index in [1.807, 2.05) is 0 Å². The molecule has 0 saturated carbocycles. The topological polar surface area (TPSA) is 15.3 Å². The molecule has 2 atom stereocenters. The third kappa shape index (κ3) is 4.92. The molecular weight excluding hydrogens is 244 g/mol. The highest BCUT2D eigenvalue weighted by atomic mass is 15.2. The molecule has 1 aromatic rings. The molecule has 2 heteroatoms. The molecule has 1 fully saturated rings. The van der Waals surface area contributed by atoms with Crippen LogP contribution in [0, 0.1) is 5.92 Å². The Morgan fingerprint density at radius 1 is 1.20 bits per heavy atom. The molecule has 0 spiro atoms. The third-order valence-corrected chi connectivity index (χ3v) is 4.45. The molecule has 0 aliphatic carbocycles. The van der Waals surface area contributed by atoms with Crippen molar-refractivity contribution in [2.45, 2.75) is 52.1 Å². The minimum atomic E-state index is 0.611. The number of hydrogen-bond donors (Lipinski definition) is 1.